The molecule has 1 fully saturated rings. The highest BCUT2D eigenvalue weighted by atomic mass is 19.3. The maximum Gasteiger partial charge on any atom is 0.242 e. The molecule has 1 heterocycles. The second-order valence-corrected chi connectivity index (χ2v) is 5.37. The standard InChI is InChI=1S/C11H21F2NO/c1-11(2,3)8-5-7(9(12)13)6-14-10(8)15-4/h7-10,14H,5-6H2,1-4H3. The fourth-order valence-electron chi connectivity index (χ4n) is 2.19. The van der Waals surface area contributed by atoms with E-state index in [1.165, 1.54) is 0 Å². The zero-order chi connectivity index (χ0) is 11.6. The van der Waals surface area contributed by atoms with E-state index >= 15 is 0 Å². The van der Waals surface area contributed by atoms with Crippen molar-refractivity contribution < 1.29 is 13.5 Å². The number of methoxy groups -OCH3 is 1. The molecule has 0 spiro atoms. The lowest BCUT2D eigenvalue weighted by Gasteiger charge is -2.42. The summed E-state index contributed by atoms with van der Waals surface area (Å²) in [7, 11) is 1.62. The third kappa shape index (κ3) is 3.11. The fourth-order valence-corrected chi connectivity index (χ4v) is 2.19. The van der Waals surface area contributed by atoms with Crippen molar-refractivity contribution in [1.82, 2.24) is 5.32 Å². The smallest absolute Gasteiger partial charge is 0.242 e. The molecule has 4 heteroatoms. The molecule has 1 saturated heterocycles. The van der Waals surface area contributed by atoms with Crippen LogP contribution < -0.4 is 5.32 Å². The van der Waals surface area contributed by atoms with Gasteiger partial charge in [-0.3, -0.25) is 5.32 Å². The number of halogens is 2. The monoisotopic (exact) mass is 221 g/mol. The summed E-state index contributed by atoms with van der Waals surface area (Å²) < 4.78 is 30.6. The predicted octanol–water partition coefficient (Wildman–Crippen LogP) is 2.50. The van der Waals surface area contributed by atoms with Gasteiger partial charge in [0.1, 0.15) is 6.23 Å². The molecule has 0 bridgehead atoms. The summed E-state index contributed by atoms with van der Waals surface area (Å²) in [5.41, 5.74) is -0.0127. The molecule has 3 atom stereocenters. The van der Waals surface area contributed by atoms with E-state index in [2.05, 4.69) is 26.1 Å². The lowest BCUT2D eigenvalue weighted by atomic mass is 9.73. The average Bonchev–Trinajstić information content (AvgIpc) is 2.15. The summed E-state index contributed by atoms with van der Waals surface area (Å²) in [6.07, 6.45) is -1.80. The second-order valence-electron chi connectivity index (χ2n) is 5.37. The number of ether oxygens (including phenoxy) is 1. The van der Waals surface area contributed by atoms with Crippen LogP contribution in [0.5, 0.6) is 0 Å². The molecule has 0 aliphatic carbocycles. The Morgan fingerprint density at radius 2 is 1.93 bits per heavy atom. The molecule has 90 valence electrons. The van der Waals surface area contributed by atoms with Crippen LogP contribution in [0.15, 0.2) is 0 Å². The van der Waals surface area contributed by atoms with Gasteiger partial charge in [0.2, 0.25) is 6.43 Å². The topological polar surface area (TPSA) is 21.3 Å². The summed E-state index contributed by atoms with van der Waals surface area (Å²) >= 11 is 0. The molecular formula is C11H21F2NO. The minimum Gasteiger partial charge on any atom is -0.366 e. The quantitative estimate of drug-likeness (QED) is 0.773. The van der Waals surface area contributed by atoms with Crippen LogP contribution in [0.4, 0.5) is 8.78 Å². The maximum atomic E-state index is 12.6. The number of alkyl halides is 2. The van der Waals surface area contributed by atoms with Gasteiger partial charge in [0.25, 0.3) is 0 Å². The predicted molar refractivity (Wildman–Crippen MR) is 55.9 cm³/mol. The molecular weight excluding hydrogens is 200 g/mol. The van der Waals surface area contributed by atoms with E-state index in [1.54, 1.807) is 7.11 Å². The molecule has 15 heavy (non-hydrogen) atoms. The van der Waals surface area contributed by atoms with Crippen molar-refractivity contribution in [3.63, 3.8) is 0 Å². The number of hydrogen-bond acceptors (Lipinski definition) is 2. The molecule has 0 aromatic rings. The minimum atomic E-state index is -2.24. The van der Waals surface area contributed by atoms with Gasteiger partial charge in [-0.05, 0) is 11.8 Å². The lowest BCUT2D eigenvalue weighted by molar-refractivity contribution is -0.0742. The number of nitrogens with one attached hydrogen (secondary N) is 1. The summed E-state index contributed by atoms with van der Waals surface area (Å²) in [6, 6.07) is 0. The van der Waals surface area contributed by atoms with Crippen molar-refractivity contribution in [3.05, 3.63) is 0 Å². The van der Waals surface area contributed by atoms with Crippen molar-refractivity contribution in [2.45, 2.75) is 39.8 Å². The van der Waals surface area contributed by atoms with Gasteiger partial charge in [0.05, 0.1) is 0 Å². The molecule has 1 aliphatic rings. The van der Waals surface area contributed by atoms with Crippen LogP contribution in [-0.2, 0) is 4.74 Å². The van der Waals surface area contributed by atoms with Crippen molar-refractivity contribution >= 4 is 0 Å². The Labute approximate surface area is 90.4 Å². The van der Waals surface area contributed by atoms with Gasteiger partial charge in [0.15, 0.2) is 0 Å². The Kier molecular flexibility index (Phi) is 4.06. The summed E-state index contributed by atoms with van der Waals surface area (Å²) in [5.74, 6) is -0.407. The van der Waals surface area contributed by atoms with Crippen LogP contribution in [-0.4, -0.2) is 26.3 Å². The Hall–Kier alpha value is -0.220. The largest absolute Gasteiger partial charge is 0.366 e. The van der Waals surface area contributed by atoms with Crippen molar-refractivity contribution in [2.75, 3.05) is 13.7 Å². The third-order valence-electron chi connectivity index (χ3n) is 3.23. The first-order valence-corrected chi connectivity index (χ1v) is 5.40. The zero-order valence-corrected chi connectivity index (χ0v) is 9.89. The van der Waals surface area contributed by atoms with Gasteiger partial charge in [0, 0.05) is 25.5 Å². The van der Waals surface area contributed by atoms with Gasteiger partial charge in [-0.25, -0.2) is 8.78 Å². The lowest BCUT2D eigenvalue weighted by Crippen LogP contribution is -2.52. The molecule has 1 aliphatic heterocycles. The van der Waals surface area contributed by atoms with Crippen molar-refractivity contribution in [2.24, 2.45) is 17.3 Å². The zero-order valence-electron chi connectivity index (χ0n) is 9.89. The molecule has 1 rings (SSSR count). The maximum absolute atomic E-state index is 12.6. The first kappa shape index (κ1) is 12.8. The molecule has 0 radical (unpaired) electrons. The average molecular weight is 221 g/mol. The first-order chi connectivity index (χ1) is 6.86. The summed E-state index contributed by atoms with van der Waals surface area (Å²) in [4.78, 5) is 0. The Balaban J connectivity index is 2.70. The fraction of sp³-hybridized carbons (Fsp3) is 1.00. The van der Waals surface area contributed by atoms with Gasteiger partial charge >= 0.3 is 0 Å². The van der Waals surface area contributed by atoms with Crippen LogP contribution >= 0.6 is 0 Å². The van der Waals surface area contributed by atoms with E-state index in [0.29, 0.717) is 13.0 Å². The molecule has 0 amide bonds. The number of hydrogen-bond donors (Lipinski definition) is 1. The Morgan fingerprint density at radius 3 is 2.33 bits per heavy atom. The van der Waals surface area contributed by atoms with Crippen molar-refractivity contribution in [1.29, 1.82) is 0 Å². The van der Waals surface area contributed by atoms with E-state index in [9.17, 15) is 8.78 Å². The molecule has 2 nitrogen and oxygen atoms in total. The molecule has 0 aromatic carbocycles. The highest BCUT2D eigenvalue weighted by molar-refractivity contribution is 4.87. The van der Waals surface area contributed by atoms with E-state index in [-0.39, 0.29) is 17.6 Å². The van der Waals surface area contributed by atoms with Gasteiger partial charge in [-0.1, -0.05) is 20.8 Å². The second kappa shape index (κ2) is 4.74. The van der Waals surface area contributed by atoms with Crippen LogP contribution in [0.25, 0.3) is 0 Å². The normalized spacial score (nSPS) is 33.4. The van der Waals surface area contributed by atoms with Crippen LogP contribution in [0.2, 0.25) is 0 Å². The molecule has 1 N–H and O–H groups in total. The van der Waals surface area contributed by atoms with E-state index in [1.807, 2.05) is 0 Å². The van der Waals surface area contributed by atoms with Crippen molar-refractivity contribution in [3.8, 4) is 0 Å². The highest BCUT2D eigenvalue weighted by Gasteiger charge is 2.40. The van der Waals surface area contributed by atoms with E-state index in [0.717, 1.165) is 0 Å². The molecule has 0 aromatic heterocycles. The van der Waals surface area contributed by atoms with E-state index < -0.39 is 12.3 Å². The van der Waals surface area contributed by atoms with Gasteiger partial charge < -0.3 is 4.74 Å². The molecule has 0 saturated carbocycles. The Bertz CT molecular complexity index is 203. The SMILES string of the molecule is COC1NCC(C(F)F)CC1C(C)(C)C. The first-order valence-electron chi connectivity index (χ1n) is 5.40. The summed E-state index contributed by atoms with van der Waals surface area (Å²) in [6.45, 7) is 6.56. The van der Waals surface area contributed by atoms with Gasteiger partial charge in [-0.2, -0.15) is 0 Å². The number of rotatable bonds is 2. The van der Waals surface area contributed by atoms with E-state index in [4.69, 9.17) is 4.74 Å². The minimum absolute atomic E-state index is 0.0127. The highest BCUT2D eigenvalue weighted by Crippen LogP contribution is 2.38. The summed E-state index contributed by atoms with van der Waals surface area (Å²) in [5, 5.41) is 3.05. The molecule has 3 unspecified atom stereocenters. The third-order valence-corrected chi connectivity index (χ3v) is 3.23. The van der Waals surface area contributed by atoms with Gasteiger partial charge in [-0.15, -0.1) is 0 Å². The van der Waals surface area contributed by atoms with Crippen LogP contribution in [0.1, 0.15) is 27.2 Å². The van der Waals surface area contributed by atoms with Crippen LogP contribution in [0.3, 0.4) is 0 Å². The Morgan fingerprint density at radius 1 is 1.33 bits per heavy atom. The number of piperidine rings is 1. The van der Waals surface area contributed by atoms with Crippen LogP contribution in [0, 0.1) is 17.3 Å².